The maximum absolute atomic E-state index is 12.6. The van der Waals surface area contributed by atoms with Crippen molar-refractivity contribution < 1.29 is 18.7 Å². The van der Waals surface area contributed by atoms with Crippen LogP contribution in [-0.4, -0.2) is 11.1 Å². The first kappa shape index (κ1) is 13.1. The maximum Gasteiger partial charge on any atom is 0.307 e. The molecular weight excluding hydrogens is 228 g/mol. The molecule has 0 heterocycles. The highest BCUT2D eigenvalue weighted by molar-refractivity contribution is 5.72. The molecule has 1 rings (SSSR count). The number of hydrogen-bond donors (Lipinski definition) is 1. The van der Waals surface area contributed by atoms with Gasteiger partial charge in [-0.25, -0.2) is 8.78 Å². The first-order valence-corrected chi connectivity index (χ1v) is 5.05. The molecule has 0 saturated carbocycles. The van der Waals surface area contributed by atoms with E-state index < -0.39 is 18.8 Å². The summed E-state index contributed by atoms with van der Waals surface area (Å²) in [6.45, 7) is 1.73. The number of carboxylic acid groups (broad SMARTS) is 1. The average Bonchev–Trinajstić information content (AvgIpc) is 2.26. The van der Waals surface area contributed by atoms with Gasteiger partial charge in [-0.05, 0) is 29.7 Å². The van der Waals surface area contributed by atoms with Gasteiger partial charge in [-0.1, -0.05) is 6.92 Å². The molecule has 0 aromatic heterocycles. The van der Waals surface area contributed by atoms with Crippen LogP contribution in [0.4, 0.5) is 8.78 Å². The molecule has 0 aliphatic heterocycles. The second-order valence-corrected chi connectivity index (χ2v) is 3.55. The number of nitrogens with zero attached hydrogens (tertiary/aromatic N) is 1. The number of nitriles is 1. The van der Waals surface area contributed by atoms with Gasteiger partial charge in [0.2, 0.25) is 0 Å². The first-order chi connectivity index (χ1) is 7.99. The van der Waals surface area contributed by atoms with Crippen LogP contribution in [0, 0.1) is 11.3 Å². The molecule has 17 heavy (non-hydrogen) atoms. The number of aliphatic carboxylic acids is 1. The Hall–Kier alpha value is -1.96. The highest BCUT2D eigenvalue weighted by Gasteiger charge is 2.16. The molecule has 0 bridgehead atoms. The van der Waals surface area contributed by atoms with Crippen molar-refractivity contribution in [2.45, 2.75) is 26.2 Å². The Morgan fingerprint density at radius 1 is 1.47 bits per heavy atom. The summed E-state index contributed by atoms with van der Waals surface area (Å²) in [6.07, 6.45) is -2.67. The lowest BCUT2D eigenvalue weighted by molar-refractivity contribution is -0.136. The largest absolute Gasteiger partial charge is 0.481 e. The summed E-state index contributed by atoms with van der Waals surface area (Å²) in [5, 5.41) is 17.6. The number of hydrogen-bond acceptors (Lipinski definition) is 2. The van der Waals surface area contributed by atoms with Crippen molar-refractivity contribution in [2.75, 3.05) is 0 Å². The highest BCUT2D eigenvalue weighted by atomic mass is 19.3. The summed E-state index contributed by atoms with van der Waals surface area (Å²) in [7, 11) is 0. The summed E-state index contributed by atoms with van der Waals surface area (Å²) in [4.78, 5) is 10.6. The molecule has 0 amide bonds. The van der Waals surface area contributed by atoms with Gasteiger partial charge in [0.1, 0.15) is 0 Å². The lowest BCUT2D eigenvalue weighted by atomic mass is 9.95. The van der Waals surface area contributed by atoms with Crippen molar-refractivity contribution in [1.29, 1.82) is 5.26 Å². The van der Waals surface area contributed by atoms with E-state index in [-0.39, 0.29) is 16.7 Å². The summed E-state index contributed by atoms with van der Waals surface area (Å²) < 4.78 is 25.2. The molecule has 0 unspecified atom stereocenters. The number of alkyl halides is 2. The van der Waals surface area contributed by atoms with Gasteiger partial charge in [0.05, 0.1) is 18.1 Å². The van der Waals surface area contributed by atoms with Gasteiger partial charge in [0, 0.05) is 5.56 Å². The standard InChI is InChI=1S/C12H11F2NO2/c1-2-7-3-9(12(13)14)4-8(5-11(16)17)10(7)6-15/h3-4,12H,2,5H2,1H3,(H,16,17). The molecular formula is C12H11F2NO2. The van der Waals surface area contributed by atoms with E-state index in [4.69, 9.17) is 10.4 Å². The van der Waals surface area contributed by atoms with Gasteiger partial charge < -0.3 is 5.11 Å². The number of carboxylic acids is 1. The SMILES string of the molecule is CCc1cc(C(F)F)cc(CC(=O)O)c1C#N. The second-order valence-electron chi connectivity index (χ2n) is 3.55. The van der Waals surface area contributed by atoms with Gasteiger partial charge in [0.25, 0.3) is 6.43 Å². The zero-order valence-corrected chi connectivity index (χ0v) is 9.20. The van der Waals surface area contributed by atoms with E-state index >= 15 is 0 Å². The van der Waals surface area contributed by atoms with Crippen molar-refractivity contribution in [2.24, 2.45) is 0 Å². The van der Waals surface area contributed by atoms with Gasteiger partial charge in [-0.15, -0.1) is 0 Å². The topological polar surface area (TPSA) is 61.1 Å². The van der Waals surface area contributed by atoms with E-state index in [1.807, 2.05) is 6.07 Å². The summed E-state index contributed by atoms with van der Waals surface area (Å²) >= 11 is 0. The molecule has 1 N–H and O–H groups in total. The molecule has 5 heteroatoms. The Balaban J connectivity index is 3.38. The third-order valence-corrected chi connectivity index (χ3v) is 2.41. The van der Waals surface area contributed by atoms with Crippen molar-refractivity contribution in [3.05, 3.63) is 34.4 Å². The van der Waals surface area contributed by atoms with Crippen molar-refractivity contribution in [3.63, 3.8) is 0 Å². The van der Waals surface area contributed by atoms with Crippen LogP contribution in [-0.2, 0) is 17.6 Å². The van der Waals surface area contributed by atoms with Crippen LogP contribution in [0.1, 0.15) is 35.6 Å². The van der Waals surface area contributed by atoms with Crippen molar-refractivity contribution in [3.8, 4) is 6.07 Å². The van der Waals surface area contributed by atoms with E-state index in [1.165, 1.54) is 6.07 Å². The summed E-state index contributed by atoms with van der Waals surface area (Å²) in [5.41, 5.74) is 0.563. The van der Waals surface area contributed by atoms with E-state index in [1.54, 1.807) is 6.92 Å². The fourth-order valence-electron chi connectivity index (χ4n) is 1.65. The number of aryl methyl sites for hydroxylation is 1. The number of rotatable bonds is 4. The molecule has 0 atom stereocenters. The lowest BCUT2D eigenvalue weighted by Gasteiger charge is -2.10. The molecule has 0 aliphatic carbocycles. The van der Waals surface area contributed by atoms with Gasteiger partial charge in [-0.2, -0.15) is 5.26 Å². The predicted molar refractivity (Wildman–Crippen MR) is 56.8 cm³/mol. The van der Waals surface area contributed by atoms with Crippen molar-refractivity contribution in [1.82, 2.24) is 0 Å². The minimum atomic E-state index is -2.67. The number of benzene rings is 1. The number of carbonyl (C=O) groups is 1. The van der Waals surface area contributed by atoms with Gasteiger partial charge in [0.15, 0.2) is 0 Å². The predicted octanol–water partition coefficient (Wildman–Crippen LogP) is 2.69. The first-order valence-electron chi connectivity index (χ1n) is 5.05. The average molecular weight is 239 g/mol. The monoisotopic (exact) mass is 239 g/mol. The Morgan fingerprint density at radius 2 is 2.06 bits per heavy atom. The summed E-state index contributed by atoms with van der Waals surface area (Å²) in [5.74, 6) is -1.14. The smallest absolute Gasteiger partial charge is 0.307 e. The fraction of sp³-hybridized carbons (Fsp3) is 0.333. The Kier molecular flexibility index (Phi) is 4.16. The zero-order chi connectivity index (χ0) is 13.0. The fourth-order valence-corrected chi connectivity index (χ4v) is 1.65. The van der Waals surface area contributed by atoms with Crippen molar-refractivity contribution >= 4 is 5.97 Å². The Bertz CT molecular complexity index is 478. The van der Waals surface area contributed by atoms with Crippen LogP contribution in [0.2, 0.25) is 0 Å². The molecule has 0 fully saturated rings. The molecule has 0 radical (unpaired) electrons. The van der Waals surface area contributed by atoms with E-state index in [9.17, 15) is 13.6 Å². The van der Waals surface area contributed by atoms with Crippen LogP contribution in [0.5, 0.6) is 0 Å². The van der Waals surface area contributed by atoms with E-state index in [2.05, 4.69) is 0 Å². The third-order valence-electron chi connectivity index (χ3n) is 2.41. The van der Waals surface area contributed by atoms with Crippen LogP contribution in [0.25, 0.3) is 0 Å². The molecule has 0 aliphatic rings. The molecule has 0 saturated heterocycles. The minimum Gasteiger partial charge on any atom is -0.481 e. The molecule has 90 valence electrons. The number of halogens is 2. The lowest BCUT2D eigenvalue weighted by Crippen LogP contribution is -2.06. The Morgan fingerprint density at radius 3 is 2.47 bits per heavy atom. The van der Waals surface area contributed by atoms with E-state index in [0.717, 1.165) is 6.07 Å². The summed E-state index contributed by atoms with van der Waals surface area (Å²) in [6, 6.07) is 4.23. The van der Waals surface area contributed by atoms with Crippen LogP contribution >= 0.6 is 0 Å². The molecule has 3 nitrogen and oxygen atoms in total. The maximum atomic E-state index is 12.6. The highest BCUT2D eigenvalue weighted by Crippen LogP contribution is 2.25. The van der Waals surface area contributed by atoms with Crippen LogP contribution < -0.4 is 0 Å². The van der Waals surface area contributed by atoms with Gasteiger partial charge in [-0.3, -0.25) is 4.79 Å². The molecule has 1 aromatic rings. The van der Waals surface area contributed by atoms with E-state index in [0.29, 0.717) is 12.0 Å². The Labute approximate surface area is 97.3 Å². The van der Waals surface area contributed by atoms with Gasteiger partial charge >= 0.3 is 5.97 Å². The normalized spacial score (nSPS) is 10.3. The minimum absolute atomic E-state index is 0.148. The quantitative estimate of drug-likeness (QED) is 0.878. The second kappa shape index (κ2) is 5.39. The molecule has 1 aromatic carbocycles. The van der Waals surface area contributed by atoms with Crippen LogP contribution in [0.15, 0.2) is 12.1 Å². The molecule has 0 spiro atoms. The van der Waals surface area contributed by atoms with Crippen LogP contribution in [0.3, 0.4) is 0 Å². The zero-order valence-electron chi connectivity index (χ0n) is 9.20. The third kappa shape index (κ3) is 3.00.